The first-order chi connectivity index (χ1) is 13.6. The van der Waals surface area contributed by atoms with Gasteiger partial charge in [0.1, 0.15) is 5.65 Å². The molecule has 146 valence electrons. The summed E-state index contributed by atoms with van der Waals surface area (Å²) in [5, 5.41) is 6.28. The number of carbonyl (C=O) groups excluding carboxylic acids is 2. The highest BCUT2D eigenvalue weighted by Gasteiger charge is 2.17. The standard InChI is InChI=1S/C21H24N4O3/c1-3-28-10-9-22-21(27)19-14-25(13-16-7-5-4-6-8-16)20-18(19)11-17(12-23-20)24-15(2)26/h4-8,11-12,14H,3,9-10,13H2,1-2H3,(H,22,27)(H,24,26). The Hall–Kier alpha value is -3.19. The monoisotopic (exact) mass is 380 g/mol. The Bertz CT molecular complexity index is 966. The van der Waals surface area contributed by atoms with E-state index < -0.39 is 0 Å². The van der Waals surface area contributed by atoms with Crippen LogP contribution in [0.25, 0.3) is 11.0 Å². The Morgan fingerprint density at radius 1 is 1.21 bits per heavy atom. The number of hydrogen-bond acceptors (Lipinski definition) is 4. The minimum absolute atomic E-state index is 0.187. The largest absolute Gasteiger partial charge is 0.380 e. The summed E-state index contributed by atoms with van der Waals surface area (Å²) in [5.41, 5.74) is 2.87. The normalized spacial score (nSPS) is 10.8. The van der Waals surface area contributed by atoms with Crippen LogP contribution in [0.4, 0.5) is 5.69 Å². The van der Waals surface area contributed by atoms with E-state index >= 15 is 0 Å². The van der Waals surface area contributed by atoms with Gasteiger partial charge in [0.15, 0.2) is 0 Å². The summed E-state index contributed by atoms with van der Waals surface area (Å²) in [6.07, 6.45) is 3.40. The van der Waals surface area contributed by atoms with E-state index in [2.05, 4.69) is 15.6 Å². The fourth-order valence-electron chi connectivity index (χ4n) is 3.00. The van der Waals surface area contributed by atoms with Crippen molar-refractivity contribution in [1.82, 2.24) is 14.9 Å². The van der Waals surface area contributed by atoms with Gasteiger partial charge >= 0.3 is 0 Å². The number of rotatable bonds is 8. The van der Waals surface area contributed by atoms with Crippen LogP contribution in [0.2, 0.25) is 0 Å². The molecule has 0 aliphatic heterocycles. The molecule has 0 fully saturated rings. The van der Waals surface area contributed by atoms with Gasteiger partial charge in [-0.3, -0.25) is 9.59 Å². The molecule has 0 aliphatic carbocycles. The molecule has 7 heteroatoms. The smallest absolute Gasteiger partial charge is 0.253 e. The van der Waals surface area contributed by atoms with Crippen molar-refractivity contribution in [3.8, 4) is 0 Å². The van der Waals surface area contributed by atoms with Crippen molar-refractivity contribution in [3.63, 3.8) is 0 Å². The second kappa shape index (κ2) is 9.14. The lowest BCUT2D eigenvalue weighted by atomic mass is 10.2. The van der Waals surface area contributed by atoms with Crippen molar-refractivity contribution in [2.75, 3.05) is 25.1 Å². The molecular formula is C21H24N4O3. The van der Waals surface area contributed by atoms with E-state index in [-0.39, 0.29) is 11.8 Å². The first-order valence-corrected chi connectivity index (χ1v) is 9.25. The molecule has 0 aliphatic rings. The Balaban J connectivity index is 1.94. The summed E-state index contributed by atoms with van der Waals surface area (Å²) in [4.78, 5) is 28.6. The molecule has 3 aromatic rings. The number of anilines is 1. The van der Waals surface area contributed by atoms with Gasteiger partial charge in [-0.2, -0.15) is 0 Å². The lowest BCUT2D eigenvalue weighted by Crippen LogP contribution is -2.27. The van der Waals surface area contributed by atoms with Gasteiger partial charge in [0.05, 0.1) is 24.1 Å². The van der Waals surface area contributed by atoms with Crippen molar-refractivity contribution in [3.05, 3.63) is 59.9 Å². The molecule has 3 rings (SSSR count). The van der Waals surface area contributed by atoms with Gasteiger partial charge in [0.25, 0.3) is 5.91 Å². The van der Waals surface area contributed by atoms with Crippen LogP contribution in [0.5, 0.6) is 0 Å². The van der Waals surface area contributed by atoms with Gasteiger partial charge in [0, 0.05) is 38.2 Å². The molecule has 0 saturated heterocycles. The van der Waals surface area contributed by atoms with Crippen LogP contribution in [0.1, 0.15) is 29.8 Å². The van der Waals surface area contributed by atoms with Crippen LogP contribution in [0, 0.1) is 0 Å². The third kappa shape index (κ3) is 4.75. The van der Waals surface area contributed by atoms with Crippen molar-refractivity contribution in [1.29, 1.82) is 0 Å². The first kappa shape index (κ1) is 19.6. The molecule has 0 radical (unpaired) electrons. The first-order valence-electron chi connectivity index (χ1n) is 9.25. The lowest BCUT2D eigenvalue weighted by molar-refractivity contribution is -0.114. The fourth-order valence-corrected chi connectivity index (χ4v) is 3.00. The van der Waals surface area contributed by atoms with Crippen LogP contribution in [-0.4, -0.2) is 41.1 Å². The molecule has 2 amide bonds. The Morgan fingerprint density at radius 2 is 2.00 bits per heavy atom. The minimum Gasteiger partial charge on any atom is -0.380 e. The number of benzene rings is 1. The molecule has 2 N–H and O–H groups in total. The summed E-state index contributed by atoms with van der Waals surface area (Å²) in [5.74, 6) is -0.383. The third-order valence-electron chi connectivity index (χ3n) is 4.21. The van der Waals surface area contributed by atoms with Crippen LogP contribution < -0.4 is 10.6 Å². The molecule has 7 nitrogen and oxygen atoms in total. The number of ether oxygens (including phenoxy) is 1. The van der Waals surface area contributed by atoms with E-state index in [1.165, 1.54) is 6.92 Å². The molecule has 2 heterocycles. The predicted molar refractivity (Wildman–Crippen MR) is 108 cm³/mol. The van der Waals surface area contributed by atoms with E-state index in [1.54, 1.807) is 18.5 Å². The maximum Gasteiger partial charge on any atom is 0.253 e. The highest BCUT2D eigenvalue weighted by molar-refractivity contribution is 6.07. The number of carbonyl (C=O) groups is 2. The Labute approximate surface area is 163 Å². The molecule has 0 atom stereocenters. The Kier molecular flexibility index (Phi) is 6.39. The molecule has 28 heavy (non-hydrogen) atoms. The van der Waals surface area contributed by atoms with Crippen molar-refractivity contribution in [2.24, 2.45) is 0 Å². The summed E-state index contributed by atoms with van der Waals surface area (Å²) < 4.78 is 7.22. The van der Waals surface area contributed by atoms with Gasteiger partial charge in [-0.05, 0) is 18.6 Å². The molecular weight excluding hydrogens is 356 g/mol. The van der Waals surface area contributed by atoms with Gasteiger partial charge in [-0.1, -0.05) is 30.3 Å². The van der Waals surface area contributed by atoms with E-state index in [0.29, 0.717) is 48.6 Å². The van der Waals surface area contributed by atoms with Crippen molar-refractivity contribution < 1.29 is 14.3 Å². The maximum absolute atomic E-state index is 12.7. The third-order valence-corrected chi connectivity index (χ3v) is 4.21. The minimum atomic E-state index is -0.196. The predicted octanol–water partition coefficient (Wildman–Crippen LogP) is 2.81. The van der Waals surface area contributed by atoms with Crippen LogP contribution in [0.3, 0.4) is 0 Å². The van der Waals surface area contributed by atoms with Crippen LogP contribution in [0.15, 0.2) is 48.8 Å². The zero-order chi connectivity index (χ0) is 19.9. The lowest BCUT2D eigenvalue weighted by Gasteiger charge is -2.06. The molecule has 0 saturated carbocycles. The number of hydrogen-bond donors (Lipinski definition) is 2. The topological polar surface area (TPSA) is 85.2 Å². The molecule has 2 aromatic heterocycles. The fraction of sp³-hybridized carbons (Fsp3) is 0.286. The molecule has 0 unspecified atom stereocenters. The zero-order valence-corrected chi connectivity index (χ0v) is 16.1. The van der Waals surface area contributed by atoms with Crippen molar-refractivity contribution in [2.45, 2.75) is 20.4 Å². The number of nitrogens with zero attached hydrogens (tertiary/aromatic N) is 2. The molecule has 1 aromatic carbocycles. The number of amides is 2. The number of aromatic nitrogens is 2. The van der Waals surface area contributed by atoms with Gasteiger partial charge in [0.2, 0.25) is 5.91 Å². The average Bonchev–Trinajstić information content (AvgIpc) is 3.03. The summed E-state index contributed by atoms with van der Waals surface area (Å²) in [6.45, 7) is 5.43. The van der Waals surface area contributed by atoms with Crippen LogP contribution in [-0.2, 0) is 16.1 Å². The quantitative estimate of drug-likeness (QED) is 0.589. The molecule has 0 spiro atoms. The van der Waals surface area contributed by atoms with Crippen LogP contribution >= 0.6 is 0 Å². The SMILES string of the molecule is CCOCCNC(=O)c1cn(Cc2ccccc2)c2ncc(NC(C)=O)cc12. The highest BCUT2D eigenvalue weighted by Crippen LogP contribution is 2.24. The molecule has 0 bridgehead atoms. The van der Waals surface area contributed by atoms with E-state index in [9.17, 15) is 9.59 Å². The van der Waals surface area contributed by atoms with Gasteiger partial charge in [-0.15, -0.1) is 0 Å². The number of fused-ring (bicyclic) bond motifs is 1. The Morgan fingerprint density at radius 3 is 2.71 bits per heavy atom. The highest BCUT2D eigenvalue weighted by atomic mass is 16.5. The number of pyridine rings is 1. The van der Waals surface area contributed by atoms with Gasteiger partial charge < -0.3 is 19.9 Å². The summed E-state index contributed by atoms with van der Waals surface area (Å²) in [6, 6.07) is 11.8. The van der Waals surface area contributed by atoms with E-state index in [4.69, 9.17) is 4.74 Å². The summed E-state index contributed by atoms with van der Waals surface area (Å²) in [7, 11) is 0. The second-order valence-electron chi connectivity index (χ2n) is 6.39. The zero-order valence-electron chi connectivity index (χ0n) is 16.1. The van der Waals surface area contributed by atoms with E-state index in [0.717, 1.165) is 5.56 Å². The maximum atomic E-state index is 12.7. The van der Waals surface area contributed by atoms with Crippen molar-refractivity contribution >= 4 is 28.5 Å². The number of nitrogens with one attached hydrogen (secondary N) is 2. The summed E-state index contributed by atoms with van der Waals surface area (Å²) >= 11 is 0. The average molecular weight is 380 g/mol. The second-order valence-corrected chi connectivity index (χ2v) is 6.39. The van der Waals surface area contributed by atoms with Gasteiger partial charge in [-0.25, -0.2) is 4.98 Å². The van der Waals surface area contributed by atoms with E-state index in [1.807, 2.05) is 41.8 Å².